The Bertz CT molecular complexity index is 857. The Morgan fingerprint density at radius 3 is 2.83 bits per heavy atom. The van der Waals surface area contributed by atoms with Crippen molar-refractivity contribution < 1.29 is 9.59 Å². The first kappa shape index (κ1) is 14.7. The van der Waals surface area contributed by atoms with Crippen LogP contribution in [0.25, 0.3) is 5.52 Å². The average molecular weight is 309 g/mol. The molecule has 116 valence electrons. The van der Waals surface area contributed by atoms with E-state index in [1.807, 2.05) is 12.1 Å². The lowest BCUT2D eigenvalue weighted by Crippen LogP contribution is -2.28. The Morgan fingerprint density at radius 2 is 2.09 bits per heavy atom. The highest BCUT2D eigenvalue weighted by Gasteiger charge is 2.22. The topological polar surface area (TPSA) is 102 Å². The standard InChI is InChI=1S/C16H15N5O2/c17-15(22)13-12-5-1-2-9-21(12)20-14(13)16(23)19-8-6-11-4-3-7-18-10-11/h1-5,7,9-10H,6,8H2,(H2,17,22)(H,19,23). The molecule has 3 heterocycles. The number of nitrogens with one attached hydrogen (secondary N) is 1. The van der Waals surface area contributed by atoms with E-state index >= 15 is 0 Å². The maximum Gasteiger partial charge on any atom is 0.272 e. The molecule has 3 N–H and O–H groups in total. The van der Waals surface area contributed by atoms with Gasteiger partial charge in [0.15, 0.2) is 5.69 Å². The van der Waals surface area contributed by atoms with E-state index in [0.29, 0.717) is 18.5 Å². The highest BCUT2D eigenvalue weighted by Crippen LogP contribution is 2.15. The Hall–Kier alpha value is -3.22. The number of pyridine rings is 2. The molecular formula is C16H15N5O2. The number of aromatic nitrogens is 3. The Morgan fingerprint density at radius 1 is 1.22 bits per heavy atom. The number of carbonyl (C=O) groups excluding carboxylic acids is 2. The van der Waals surface area contributed by atoms with Gasteiger partial charge in [-0.15, -0.1) is 0 Å². The molecule has 3 aromatic heterocycles. The minimum atomic E-state index is -0.677. The Labute approximate surface area is 132 Å². The van der Waals surface area contributed by atoms with Gasteiger partial charge in [0.05, 0.1) is 11.1 Å². The quantitative estimate of drug-likeness (QED) is 0.727. The van der Waals surface area contributed by atoms with Crippen LogP contribution in [0.5, 0.6) is 0 Å². The second-order valence-electron chi connectivity index (χ2n) is 4.99. The molecule has 0 aliphatic rings. The summed E-state index contributed by atoms with van der Waals surface area (Å²) in [6.45, 7) is 0.413. The minimum absolute atomic E-state index is 0.0369. The van der Waals surface area contributed by atoms with E-state index in [1.165, 1.54) is 4.52 Å². The van der Waals surface area contributed by atoms with Crippen molar-refractivity contribution >= 4 is 17.3 Å². The molecule has 0 bridgehead atoms. The van der Waals surface area contributed by atoms with E-state index in [1.54, 1.807) is 36.8 Å². The van der Waals surface area contributed by atoms with Crippen molar-refractivity contribution in [1.29, 1.82) is 0 Å². The van der Waals surface area contributed by atoms with Crippen molar-refractivity contribution in [2.45, 2.75) is 6.42 Å². The SMILES string of the molecule is NC(=O)c1c(C(=O)NCCc2cccnc2)nn2ccccc12. The summed E-state index contributed by atoms with van der Waals surface area (Å²) in [6.07, 6.45) is 5.73. The fourth-order valence-corrected chi connectivity index (χ4v) is 2.35. The predicted molar refractivity (Wildman–Crippen MR) is 84.0 cm³/mol. The van der Waals surface area contributed by atoms with Crippen molar-refractivity contribution in [2.24, 2.45) is 5.73 Å². The van der Waals surface area contributed by atoms with Crippen molar-refractivity contribution in [3.8, 4) is 0 Å². The summed E-state index contributed by atoms with van der Waals surface area (Å²) in [4.78, 5) is 28.0. The minimum Gasteiger partial charge on any atom is -0.365 e. The highest BCUT2D eigenvalue weighted by atomic mass is 16.2. The molecule has 0 unspecified atom stereocenters. The molecule has 0 atom stereocenters. The molecule has 3 aromatic rings. The lowest BCUT2D eigenvalue weighted by molar-refractivity contribution is 0.0932. The summed E-state index contributed by atoms with van der Waals surface area (Å²) >= 11 is 0. The zero-order chi connectivity index (χ0) is 16.2. The molecule has 0 fully saturated rings. The van der Waals surface area contributed by atoms with Crippen LogP contribution in [-0.2, 0) is 6.42 Å². The average Bonchev–Trinajstić information content (AvgIpc) is 2.95. The second-order valence-corrected chi connectivity index (χ2v) is 4.99. The van der Waals surface area contributed by atoms with Crippen LogP contribution >= 0.6 is 0 Å². The van der Waals surface area contributed by atoms with Crippen LogP contribution < -0.4 is 11.1 Å². The molecule has 0 aliphatic carbocycles. The summed E-state index contributed by atoms with van der Waals surface area (Å²) in [5.74, 6) is -1.10. The third kappa shape index (κ3) is 3.03. The molecule has 3 rings (SSSR count). The van der Waals surface area contributed by atoms with Crippen molar-refractivity contribution in [1.82, 2.24) is 19.9 Å². The van der Waals surface area contributed by atoms with Crippen LogP contribution in [0.3, 0.4) is 0 Å². The first-order valence-corrected chi connectivity index (χ1v) is 7.11. The molecule has 7 nitrogen and oxygen atoms in total. The van der Waals surface area contributed by atoms with Gasteiger partial charge in [0.25, 0.3) is 11.8 Å². The van der Waals surface area contributed by atoms with E-state index in [0.717, 1.165) is 5.56 Å². The van der Waals surface area contributed by atoms with Gasteiger partial charge in [-0.1, -0.05) is 12.1 Å². The van der Waals surface area contributed by atoms with Gasteiger partial charge in [-0.2, -0.15) is 5.10 Å². The number of carbonyl (C=O) groups is 2. The van der Waals surface area contributed by atoms with Crippen molar-refractivity contribution in [3.05, 3.63) is 65.7 Å². The van der Waals surface area contributed by atoms with E-state index in [2.05, 4.69) is 15.4 Å². The van der Waals surface area contributed by atoms with Gasteiger partial charge < -0.3 is 11.1 Å². The molecule has 7 heteroatoms. The molecular weight excluding hydrogens is 294 g/mol. The van der Waals surface area contributed by atoms with E-state index < -0.39 is 11.8 Å². The van der Waals surface area contributed by atoms with Crippen LogP contribution in [-0.4, -0.2) is 33.0 Å². The summed E-state index contributed by atoms with van der Waals surface area (Å²) < 4.78 is 1.47. The summed E-state index contributed by atoms with van der Waals surface area (Å²) in [7, 11) is 0. The van der Waals surface area contributed by atoms with Gasteiger partial charge in [-0.25, -0.2) is 4.52 Å². The lowest BCUT2D eigenvalue weighted by atomic mass is 10.1. The molecule has 0 aromatic carbocycles. The van der Waals surface area contributed by atoms with Crippen molar-refractivity contribution in [2.75, 3.05) is 6.54 Å². The van der Waals surface area contributed by atoms with Crippen molar-refractivity contribution in [3.63, 3.8) is 0 Å². The Balaban J connectivity index is 1.78. The van der Waals surface area contributed by atoms with Crippen LogP contribution in [0.4, 0.5) is 0 Å². The molecule has 23 heavy (non-hydrogen) atoms. The molecule has 2 amide bonds. The lowest BCUT2D eigenvalue weighted by Gasteiger charge is -2.04. The zero-order valence-corrected chi connectivity index (χ0v) is 12.3. The summed E-state index contributed by atoms with van der Waals surface area (Å²) in [5, 5.41) is 6.90. The zero-order valence-electron chi connectivity index (χ0n) is 12.3. The van der Waals surface area contributed by atoms with Crippen LogP contribution in [0.15, 0.2) is 48.9 Å². The fourth-order valence-electron chi connectivity index (χ4n) is 2.35. The molecule has 0 saturated carbocycles. The number of primary amides is 1. The summed E-state index contributed by atoms with van der Waals surface area (Å²) in [5.41, 5.74) is 7.09. The monoisotopic (exact) mass is 309 g/mol. The van der Waals surface area contributed by atoms with Crippen LogP contribution in [0.2, 0.25) is 0 Å². The van der Waals surface area contributed by atoms with Gasteiger partial charge in [0.2, 0.25) is 0 Å². The predicted octanol–water partition coefficient (Wildman–Crippen LogP) is 0.801. The van der Waals surface area contributed by atoms with Crippen LogP contribution in [0, 0.1) is 0 Å². The van der Waals surface area contributed by atoms with E-state index in [-0.39, 0.29) is 11.3 Å². The largest absolute Gasteiger partial charge is 0.365 e. The third-order valence-corrected chi connectivity index (χ3v) is 3.42. The normalized spacial score (nSPS) is 10.6. The smallest absolute Gasteiger partial charge is 0.272 e. The fraction of sp³-hybridized carbons (Fsp3) is 0.125. The van der Waals surface area contributed by atoms with E-state index in [4.69, 9.17) is 5.73 Å². The maximum absolute atomic E-state index is 12.3. The van der Waals surface area contributed by atoms with E-state index in [9.17, 15) is 9.59 Å². The number of amides is 2. The number of nitrogens with two attached hydrogens (primary N) is 1. The second kappa shape index (κ2) is 6.27. The maximum atomic E-state index is 12.3. The molecule has 0 spiro atoms. The van der Waals surface area contributed by atoms with Gasteiger partial charge in [-0.3, -0.25) is 14.6 Å². The number of hydrogen-bond donors (Lipinski definition) is 2. The number of hydrogen-bond acceptors (Lipinski definition) is 4. The van der Waals surface area contributed by atoms with Gasteiger partial charge in [-0.05, 0) is 30.2 Å². The van der Waals surface area contributed by atoms with Gasteiger partial charge in [0, 0.05) is 25.1 Å². The third-order valence-electron chi connectivity index (χ3n) is 3.42. The first-order chi connectivity index (χ1) is 11.2. The first-order valence-electron chi connectivity index (χ1n) is 7.11. The van der Waals surface area contributed by atoms with Gasteiger partial charge >= 0.3 is 0 Å². The highest BCUT2D eigenvalue weighted by molar-refractivity contribution is 6.10. The number of rotatable bonds is 5. The number of fused-ring (bicyclic) bond motifs is 1. The summed E-state index contributed by atoms with van der Waals surface area (Å²) in [6, 6.07) is 8.98. The van der Waals surface area contributed by atoms with Gasteiger partial charge in [0.1, 0.15) is 0 Å². The molecule has 0 saturated heterocycles. The number of nitrogens with zero attached hydrogens (tertiary/aromatic N) is 3. The van der Waals surface area contributed by atoms with Crippen LogP contribution in [0.1, 0.15) is 26.4 Å². The molecule has 0 radical (unpaired) electrons. The molecule has 0 aliphatic heterocycles. The Kier molecular flexibility index (Phi) is 4.01.